The van der Waals surface area contributed by atoms with Gasteiger partial charge in [-0.15, -0.1) is 12.4 Å². The first-order valence-electron chi connectivity index (χ1n) is 6.76. The van der Waals surface area contributed by atoms with E-state index >= 15 is 0 Å². The molecule has 1 saturated heterocycles. The Kier molecular flexibility index (Phi) is 6.09. The number of piperidine rings is 1. The zero-order valence-corrected chi connectivity index (χ0v) is 11.6. The lowest BCUT2D eigenvalue weighted by Gasteiger charge is -2.34. The third-order valence-corrected chi connectivity index (χ3v) is 4.08. The topological polar surface area (TPSA) is 15.3 Å². The molecule has 2 unspecified atom stereocenters. The van der Waals surface area contributed by atoms with E-state index in [0.717, 1.165) is 17.9 Å². The Bertz CT molecular complexity index is 192. The van der Waals surface area contributed by atoms with Crippen LogP contribution < -0.4 is 5.32 Å². The van der Waals surface area contributed by atoms with Crippen LogP contribution in [0.25, 0.3) is 0 Å². The standard InChI is InChI=1S/C13H26N2.ClH/c1-3-8-15(10-12-9-11(12)2)13-4-6-14-7-5-13;/h11-14H,3-10H2,1-2H3;1H. The molecule has 0 aromatic heterocycles. The molecule has 2 atom stereocenters. The molecule has 1 heterocycles. The molecule has 0 aromatic carbocycles. The van der Waals surface area contributed by atoms with E-state index < -0.39 is 0 Å². The molecule has 1 saturated carbocycles. The lowest BCUT2D eigenvalue weighted by molar-refractivity contribution is 0.153. The Balaban J connectivity index is 0.00000128. The molecule has 1 aliphatic carbocycles. The SMILES string of the molecule is CCCN(CC1CC1C)C1CCNCC1.Cl. The summed E-state index contributed by atoms with van der Waals surface area (Å²) in [5, 5.41) is 3.46. The fourth-order valence-electron chi connectivity index (χ4n) is 2.84. The van der Waals surface area contributed by atoms with Crippen molar-refractivity contribution in [2.24, 2.45) is 11.8 Å². The zero-order valence-electron chi connectivity index (χ0n) is 10.7. The third-order valence-electron chi connectivity index (χ3n) is 4.08. The molecule has 16 heavy (non-hydrogen) atoms. The molecule has 2 aliphatic rings. The molecule has 1 N–H and O–H groups in total. The highest BCUT2D eigenvalue weighted by Crippen LogP contribution is 2.38. The van der Waals surface area contributed by atoms with Crippen LogP contribution in [0.4, 0.5) is 0 Å². The number of halogens is 1. The van der Waals surface area contributed by atoms with Crippen LogP contribution in [0, 0.1) is 11.8 Å². The van der Waals surface area contributed by atoms with Gasteiger partial charge in [0, 0.05) is 12.6 Å². The van der Waals surface area contributed by atoms with Crippen molar-refractivity contribution in [1.29, 1.82) is 0 Å². The molecular weight excluding hydrogens is 220 g/mol. The predicted molar refractivity (Wildman–Crippen MR) is 72.3 cm³/mol. The van der Waals surface area contributed by atoms with Gasteiger partial charge in [0.05, 0.1) is 0 Å². The molecule has 0 aromatic rings. The lowest BCUT2D eigenvalue weighted by Crippen LogP contribution is -2.44. The first kappa shape index (κ1) is 14.3. The molecule has 2 rings (SSSR count). The van der Waals surface area contributed by atoms with Crippen molar-refractivity contribution in [3.8, 4) is 0 Å². The van der Waals surface area contributed by atoms with Crippen LogP contribution in [0.5, 0.6) is 0 Å². The first-order valence-corrected chi connectivity index (χ1v) is 6.76. The van der Waals surface area contributed by atoms with Gasteiger partial charge in [-0.3, -0.25) is 0 Å². The number of nitrogens with zero attached hydrogens (tertiary/aromatic N) is 1. The summed E-state index contributed by atoms with van der Waals surface area (Å²) >= 11 is 0. The minimum atomic E-state index is 0. The van der Waals surface area contributed by atoms with E-state index in [9.17, 15) is 0 Å². The van der Waals surface area contributed by atoms with Gasteiger partial charge in [-0.1, -0.05) is 13.8 Å². The summed E-state index contributed by atoms with van der Waals surface area (Å²) < 4.78 is 0. The van der Waals surface area contributed by atoms with Crippen molar-refractivity contribution in [3.05, 3.63) is 0 Å². The highest BCUT2D eigenvalue weighted by Gasteiger charge is 2.35. The van der Waals surface area contributed by atoms with Crippen molar-refractivity contribution < 1.29 is 0 Å². The Labute approximate surface area is 107 Å². The summed E-state index contributed by atoms with van der Waals surface area (Å²) in [4.78, 5) is 2.77. The molecule has 2 nitrogen and oxygen atoms in total. The average molecular weight is 247 g/mol. The normalized spacial score (nSPS) is 30.2. The number of hydrogen-bond donors (Lipinski definition) is 1. The van der Waals surface area contributed by atoms with Crippen molar-refractivity contribution in [3.63, 3.8) is 0 Å². The van der Waals surface area contributed by atoms with Crippen LogP contribution in [0.3, 0.4) is 0 Å². The molecular formula is C13H27ClN2. The van der Waals surface area contributed by atoms with Crippen LogP contribution >= 0.6 is 12.4 Å². The molecule has 0 radical (unpaired) electrons. The van der Waals surface area contributed by atoms with Gasteiger partial charge in [0.15, 0.2) is 0 Å². The predicted octanol–water partition coefficient (Wildman–Crippen LogP) is 2.53. The van der Waals surface area contributed by atoms with Gasteiger partial charge in [0.25, 0.3) is 0 Å². The van der Waals surface area contributed by atoms with Crippen molar-refractivity contribution >= 4 is 12.4 Å². The highest BCUT2D eigenvalue weighted by atomic mass is 35.5. The summed E-state index contributed by atoms with van der Waals surface area (Å²) in [5.74, 6) is 2.03. The average Bonchev–Trinajstić information content (AvgIpc) is 2.95. The zero-order chi connectivity index (χ0) is 10.7. The maximum atomic E-state index is 3.46. The largest absolute Gasteiger partial charge is 0.317 e. The van der Waals surface area contributed by atoms with Crippen molar-refractivity contribution in [2.75, 3.05) is 26.2 Å². The lowest BCUT2D eigenvalue weighted by atomic mass is 10.0. The van der Waals surface area contributed by atoms with Crippen LogP contribution in [-0.2, 0) is 0 Å². The Morgan fingerprint density at radius 3 is 2.38 bits per heavy atom. The van der Waals surface area contributed by atoms with E-state index in [1.807, 2.05) is 0 Å². The maximum Gasteiger partial charge on any atom is 0.0119 e. The van der Waals surface area contributed by atoms with E-state index in [1.165, 1.54) is 51.9 Å². The van der Waals surface area contributed by atoms with E-state index in [0.29, 0.717) is 0 Å². The molecule has 0 amide bonds. The van der Waals surface area contributed by atoms with Gasteiger partial charge in [-0.2, -0.15) is 0 Å². The van der Waals surface area contributed by atoms with Gasteiger partial charge in [-0.05, 0) is 57.2 Å². The van der Waals surface area contributed by atoms with E-state index in [-0.39, 0.29) is 12.4 Å². The second kappa shape index (κ2) is 6.83. The van der Waals surface area contributed by atoms with E-state index in [2.05, 4.69) is 24.1 Å². The van der Waals surface area contributed by atoms with Crippen molar-refractivity contribution in [2.45, 2.75) is 45.6 Å². The van der Waals surface area contributed by atoms with Gasteiger partial charge >= 0.3 is 0 Å². The molecule has 1 aliphatic heterocycles. The smallest absolute Gasteiger partial charge is 0.0119 e. The Hall–Kier alpha value is 0.210. The monoisotopic (exact) mass is 246 g/mol. The van der Waals surface area contributed by atoms with E-state index in [4.69, 9.17) is 0 Å². The summed E-state index contributed by atoms with van der Waals surface area (Å²) in [6, 6.07) is 0.874. The quantitative estimate of drug-likeness (QED) is 0.802. The van der Waals surface area contributed by atoms with Gasteiger partial charge in [0.1, 0.15) is 0 Å². The highest BCUT2D eigenvalue weighted by molar-refractivity contribution is 5.85. The number of rotatable bonds is 5. The number of nitrogens with one attached hydrogen (secondary N) is 1. The molecule has 0 bridgehead atoms. The van der Waals surface area contributed by atoms with Crippen LogP contribution in [0.2, 0.25) is 0 Å². The molecule has 96 valence electrons. The fraction of sp³-hybridized carbons (Fsp3) is 1.00. The second-order valence-corrected chi connectivity index (χ2v) is 5.45. The number of hydrogen-bond acceptors (Lipinski definition) is 2. The van der Waals surface area contributed by atoms with Crippen LogP contribution in [-0.4, -0.2) is 37.1 Å². The molecule has 3 heteroatoms. The first-order chi connectivity index (χ1) is 7.31. The van der Waals surface area contributed by atoms with Gasteiger partial charge < -0.3 is 10.2 Å². The summed E-state index contributed by atoms with van der Waals surface area (Å²) in [5.41, 5.74) is 0. The van der Waals surface area contributed by atoms with Crippen LogP contribution in [0.1, 0.15) is 39.5 Å². The maximum absolute atomic E-state index is 3.46. The van der Waals surface area contributed by atoms with Crippen LogP contribution in [0.15, 0.2) is 0 Å². The van der Waals surface area contributed by atoms with Gasteiger partial charge in [-0.25, -0.2) is 0 Å². The Morgan fingerprint density at radius 1 is 1.25 bits per heavy atom. The molecule has 2 fully saturated rings. The summed E-state index contributed by atoms with van der Waals surface area (Å²) in [7, 11) is 0. The second-order valence-electron chi connectivity index (χ2n) is 5.45. The molecule has 0 spiro atoms. The minimum absolute atomic E-state index is 0. The van der Waals surface area contributed by atoms with Gasteiger partial charge in [0.2, 0.25) is 0 Å². The summed E-state index contributed by atoms with van der Waals surface area (Å²) in [6.45, 7) is 9.85. The minimum Gasteiger partial charge on any atom is -0.317 e. The Morgan fingerprint density at radius 2 is 1.88 bits per heavy atom. The summed E-state index contributed by atoms with van der Waals surface area (Å²) in [6.07, 6.45) is 5.51. The fourth-order valence-corrected chi connectivity index (χ4v) is 2.84. The van der Waals surface area contributed by atoms with E-state index in [1.54, 1.807) is 0 Å². The van der Waals surface area contributed by atoms with Crippen molar-refractivity contribution in [1.82, 2.24) is 10.2 Å². The third kappa shape index (κ3) is 3.90.